The van der Waals surface area contributed by atoms with Gasteiger partial charge in [-0.1, -0.05) is 6.07 Å². The van der Waals surface area contributed by atoms with Crippen LogP contribution in [0.4, 0.5) is 0 Å². The van der Waals surface area contributed by atoms with E-state index in [1.54, 1.807) is 0 Å². The molecular weight excluding hydrogens is 220 g/mol. The van der Waals surface area contributed by atoms with Gasteiger partial charge in [0.25, 0.3) is 0 Å². The molecule has 1 aromatic carbocycles. The fourth-order valence-corrected chi connectivity index (χ4v) is 2.36. The molecule has 2 nitrogen and oxygen atoms in total. The van der Waals surface area contributed by atoms with E-state index in [9.17, 15) is 0 Å². The summed E-state index contributed by atoms with van der Waals surface area (Å²) in [5, 5.41) is 2.41. The topological polar surface area (TPSA) is 17.8 Å². The number of fused-ring (bicyclic) bond motifs is 3. The van der Waals surface area contributed by atoms with Crippen molar-refractivity contribution in [2.45, 2.75) is 5.88 Å². The van der Waals surface area contributed by atoms with Crippen molar-refractivity contribution in [1.29, 1.82) is 0 Å². The third-order valence-electron chi connectivity index (χ3n) is 3.03. The van der Waals surface area contributed by atoms with E-state index < -0.39 is 0 Å². The molecule has 0 unspecified atom stereocenters. The Morgan fingerprint density at radius 3 is 2.81 bits per heavy atom. The average Bonchev–Trinajstić information content (AvgIpc) is 2.64. The lowest BCUT2D eigenvalue weighted by molar-refractivity contribution is 1.01. The summed E-state index contributed by atoms with van der Waals surface area (Å²) in [6.45, 7) is 0. The van der Waals surface area contributed by atoms with Gasteiger partial charge in [-0.15, -0.1) is 11.6 Å². The van der Waals surface area contributed by atoms with E-state index in [1.165, 1.54) is 21.8 Å². The Morgan fingerprint density at radius 2 is 2.00 bits per heavy atom. The standard InChI is InChI=1S/C13H11ClN2/c1-16-12-3-2-9(7-14)6-10(12)11-8-15-5-4-13(11)16/h2-6,8H,7H2,1H3. The van der Waals surface area contributed by atoms with E-state index in [1.807, 2.05) is 18.5 Å². The van der Waals surface area contributed by atoms with Crippen molar-refractivity contribution < 1.29 is 0 Å². The van der Waals surface area contributed by atoms with Gasteiger partial charge in [0, 0.05) is 41.6 Å². The molecule has 0 atom stereocenters. The first kappa shape index (κ1) is 9.67. The van der Waals surface area contributed by atoms with Gasteiger partial charge in [-0.05, 0) is 23.8 Å². The van der Waals surface area contributed by atoms with E-state index >= 15 is 0 Å². The fraction of sp³-hybridized carbons (Fsp3) is 0.154. The summed E-state index contributed by atoms with van der Waals surface area (Å²) in [5.74, 6) is 0.548. The van der Waals surface area contributed by atoms with Gasteiger partial charge in [0.05, 0.1) is 5.52 Å². The second-order valence-electron chi connectivity index (χ2n) is 3.94. The van der Waals surface area contributed by atoms with E-state index in [0.717, 1.165) is 5.56 Å². The molecular formula is C13H11ClN2. The first-order valence-corrected chi connectivity index (χ1v) is 5.71. The van der Waals surface area contributed by atoms with E-state index in [4.69, 9.17) is 11.6 Å². The summed E-state index contributed by atoms with van der Waals surface area (Å²) in [5.41, 5.74) is 3.57. The van der Waals surface area contributed by atoms with Crippen LogP contribution in [0.2, 0.25) is 0 Å². The third-order valence-corrected chi connectivity index (χ3v) is 3.33. The molecule has 80 valence electrons. The quantitative estimate of drug-likeness (QED) is 0.586. The van der Waals surface area contributed by atoms with Gasteiger partial charge >= 0.3 is 0 Å². The summed E-state index contributed by atoms with van der Waals surface area (Å²) in [6, 6.07) is 8.37. The number of alkyl halides is 1. The second kappa shape index (κ2) is 3.49. The number of nitrogens with zero attached hydrogens (tertiary/aromatic N) is 2. The molecule has 0 aliphatic carbocycles. The zero-order valence-corrected chi connectivity index (χ0v) is 9.70. The van der Waals surface area contributed by atoms with Crippen LogP contribution >= 0.6 is 11.6 Å². The van der Waals surface area contributed by atoms with E-state index in [-0.39, 0.29) is 0 Å². The molecule has 3 heteroatoms. The minimum absolute atomic E-state index is 0.548. The van der Waals surface area contributed by atoms with Crippen molar-refractivity contribution in [2.75, 3.05) is 0 Å². The number of rotatable bonds is 1. The van der Waals surface area contributed by atoms with Gasteiger partial charge in [-0.3, -0.25) is 4.98 Å². The number of aromatic nitrogens is 2. The minimum Gasteiger partial charge on any atom is -0.344 e. The van der Waals surface area contributed by atoms with Gasteiger partial charge in [0.15, 0.2) is 0 Å². The van der Waals surface area contributed by atoms with Crippen molar-refractivity contribution >= 4 is 33.4 Å². The number of benzene rings is 1. The van der Waals surface area contributed by atoms with Crippen LogP contribution in [0, 0.1) is 0 Å². The molecule has 0 amide bonds. The summed E-state index contributed by atoms with van der Waals surface area (Å²) in [6.07, 6.45) is 3.74. The number of halogens is 1. The smallest absolute Gasteiger partial charge is 0.0519 e. The number of pyridine rings is 1. The van der Waals surface area contributed by atoms with Crippen LogP contribution in [0.3, 0.4) is 0 Å². The normalized spacial score (nSPS) is 11.4. The van der Waals surface area contributed by atoms with Gasteiger partial charge < -0.3 is 4.57 Å². The fourth-order valence-electron chi connectivity index (χ4n) is 2.19. The Labute approximate surface area is 98.5 Å². The van der Waals surface area contributed by atoms with Crippen LogP contribution in [0.1, 0.15) is 5.56 Å². The highest BCUT2D eigenvalue weighted by Gasteiger charge is 2.07. The molecule has 0 aliphatic rings. The monoisotopic (exact) mass is 230 g/mol. The largest absolute Gasteiger partial charge is 0.344 e. The number of aryl methyl sites for hydroxylation is 1. The molecule has 3 aromatic rings. The predicted octanol–water partition coefficient (Wildman–Crippen LogP) is 3.47. The zero-order chi connectivity index (χ0) is 11.1. The average molecular weight is 231 g/mol. The maximum absolute atomic E-state index is 5.86. The lowest BCUT2D eigenvalue weighted by Crippen LogP contribution is -1.86. The van der Waals surface area contributed by atoms with Crippen molar-refractivity contribution in [3.05, 3.63) is 42.2 Å². The molecule has 0 aliphatic heterocycles. The third kappa shape index (κ3) is 1.23. The summed E-state index contributed by atoms with van der Waals surface area (Å²) in [7, 11) is 2.07. The van der Waals surface area contributed by atoms with Crippen LogP contribution in [0.15, 0.2) is 36.7 Å². The molecule has 0 bridgehead atoms. The molecule has 2 aromatic heterocycles. The number of hydrogen-bond acceptors (Lipinski definition) is 1. The first-order valence-electron chi connectivity index (χ1n) is 5.18. The Balaban J connectivity index is 2.52. The van der Waals surface area contributed by atoms with Crippen molar-refractivity contribution in [3.63, 3.8) is 0 Å². The lowest BCUT2D eigenvalue weighted by atomic mass is 10.1. The summed E-state index contributed by atoms with van der Waals surface area (Å²) >= 11 is 5.86. The predicted molar refractivity (Wildman–Crippen MR) is 67.8 cm³/mol. The van der Waals surface area contributed by atoms with Crippen molar-refractivity contribution in [1.82, 2.24) is 9.55 Å². The molecule has 2 heterocycles. The summed E-state index contributed by atoms with van der Waals surface area (Å²) < 4.78 is 2.18. The van der Waals surface area contributed by atoms with Gasteiger partial charge in [-0.25, -0.2) is 0 Å². The highest BCUT2D eigenvalue weighted by atomic mass is 35.5. The van der Waals surface area contributed by atoms with Crippen LogP contribution in [0.5, 0.6) is 0 Å². The second-order valence-corrected chi connectivity index (χ2v) is 4.20. The van der Waals surface area contributed by atoms with Crippen LogP contribution in [-0.4, -0.2) is 9.55 Å². The Kier molecular flexibility index (Phi) is 2.11. The Morgan fingerprint density at radius 1 is 1.19 bits per heavy atom. The van der Waals surface area contributed by atoms with Crippen molar-refractivity contribution in [3.8, 4) is 0 Å². The maximum Gasteiger partial charge on any atom is 0.0519 e. The molecule has 16 heavy (non-hydrogen) atoms. The Bertz CT molecular complexity index is 670. The molecule has 0 fully saturated rings. The zero-order valence-electron chi connectivity index (χ0n) is 8.94. The molecule has 0 saturated heterocycles. The summed E-state index contributed by atoms with van der Waals surface area (Å²) in [4.78, 5) is 4.19. The van der Waals surface area contributed by atoms with Gasteiger partial charge in [0.1, 0.15) is 0 Å². The highest BCUT2D eigenvalue weighted by molar-refractivity contribution is 6.17. The number of hydrogen-bond donors (Lipinski definition) is 0. The van der Waals surface area contributed by atoms with Crippen LogP contribution < -0.4 is 0 Å². The molecule has 0 N–H and O–H groups in total. The van der Waals surface area contributed by atoms with E-state index in [2.05, 4.69) is 34.8 Å². The molecule has 0 saturated carbocycles. The molecule has 0 spiro atoms. The SMILES string of the molecule is Cn1c2ccncc2c2cc(CCl)ccc21. The van der Waals surface area contributed by atoms with Crippen molar-refractivity contribution in [2.24, 2.45) is 7.05 Å². The Hall–Kier alpha value is -1.54. The molecule has 3 rings (SSSR count). The van der Waals surface area contributed by atoms with Crippen LogP contribution in [-0.2, 0) is 12.9 Å². The first-order chi connectivity index (χ1) is 7.81. The maximum atomic E-state index is 5.86. The van der Waals surface area contributed by atoms with Gasteiger partial charge in [-0.2, -0.15) is 0 Å². The highest BCUT2D eigenvalue weighted by Crippen LogP contribution is 2.28. The lowest BCUT2D eigenvalue weighted by Gasteiger charge is -1.98. The minimum atomic E-state index is 0.548. The van der Waals surface area contributed by atoms with Crippen LogP contribution in [0.25, 0.3) is 21.8 Å². The molecule has 0 radical (unpaired) electrons. The van der Waals surface area contributed by atoms with E-state index in [0.29, 0.717) is 5.88 Å². The van der Waals surface area contributed by atoms with Gasteiger partial charge in [0.2, 0.25) is 0 Å².